The predicted octanol–water partition coefficient (Wildman–Crippen LogP) is 2.90. The summed E-state index contributed by atoms with van der Waals surface area (Å²) in [6.45, 7) is 4.26. The van der Waals surface area contributed by atoms with Crippen LogP contribution in [0.4, 0.5) is 18.9 Å². The zero-order valence-electron chi connectivity index (χ0n) is 14.2. The molecular weight excluding hydrogens is 335 g/mol. The molecule has 0 atom stereocenters. The highest BCUT2D eigenvalue weighted by Gasteiger charge is 2.32. The summed E-state index contributed by atoms with van der Waals surface area (Å²) in [7, 11) is 1.86. The summed E-state index contributed by atoms with van der Waals surface area (Å²) in [5.74, 6) is -0.357. The van der Waals surface area contributed by atoms with Gasteiger partial charge in [0.15, 0.2) is 11.7 Å². The second-order valence-electron chi connectivity index (χ2n) is 5.46. The van der Waals surface area contributed by atoms with E-state index in [0.717, 1.165) is 17.0 Å². The smallest absolute Gasteiger partial charge is 0.404 e. The first-order valence-corrected chi connectivity index (χ1v) is 7.58. The van der Waals surface area contributed by atoms with Crippen LogP contribution in [0.3, 0.4) is 0 Å². The van der Waals surface area contributed by atoms with E-state index in [9.17, 15) is 13.2 Å². The summed E-state index contributed by atoms with van der Waals surface area (Å²) in [4.78, 5) is 4.15. The van der Waals surface area contributed by atoms with Gasteiger partial charge in [-0.15, -0.1) is 13.2 Å². The fourth-order valence-corrected chi connectivity index (χ4v) is 2.43. The van der Waals surface area contributed by atoms with Crippen LogP contribution in [-0.2, 0) is 13.5 Å². The van der Waals surface area contributed by atoms with Crippen molar-refractivity contribution in [2.24, 2.45) is 17.8 Å². The molecule has 0 saturated carbocycles. The number of aryl methyl sites for hydroxylation is 2. The summed E-state index contributed by atoms with van der Waals surface area (Å²) in [5, 5.41) is 6.96. The number of hydrogen-bond donors (Lipinski definition) is 2. The van der Waals surface area contributed by atoms with Gasteiger partial charge in [0.1, 0.15) is 0 Å². The zero-order valence-corrected chi connectivity index (χ0v) is 14.2. The average molecular weight is 355 g/mol. The number of para-hydroxylation sites is 2. The van der Waals surface area contributed by atoms with Crippen molar-refractivity contribution in [3.05, 3.63) is 41.2 Å². The number of rotatable bonds is 5. The second-order valence-corrected chi connectivity index (χ2v) is 5.46. The molecule has 9 heteroatoms. The van der Waals surface area contributed by atoms with E-state index in [4.69, 9.17) is 5.73 Å². The average Bonchev–Trinajstić information content (AvgIpc) is 2.74. The molecule has 2 rings (SSSR count). The Balaban J connectivity index is 2.02. The first-order valence-electron chi connectivity index (χ1n) is 7.58. The summed E-state index contributed by atoms with van der Waals surface area (Å²) in [6, 6.07) is 5.64. The summed E-state index contributed by atoms with van der Waals surface area (Å²) in [5.41, 5.74) is 8.91. The molecule has 0 radical (unpaired) electrons. The van der Waals surface area contributed by atoms with E-state index in [0.29, 0.717) is 13.0 Å². The molecule has 25 heavy (non-hydrogen) atoms. The number of nitrogens with one attached hydrogen (secondary N) is 1. The van der Waals surface area contributed by atoms with Crippen molar-refractivity contribution in [2.45, 2.75) is 26.6 Å². The fourth-order valence-electron chi connectivity index (χ4n) is 2.43. The van der Waals surface area contributed by atoms with E-state index < -0.39 is 6.36 Å². The molecule has 1 heterocycles. The number of anilines is 1. The van der Waals surface area contributed by atoms with Crippen molar-refractivity contribution in [1.29, 1.82) is 0 Å². The predicted molar refractivity (Wildman–Crippen MR) is 89.6 cm³/mol. The Kier molecular flexibility index (Phi) is 5.55. The van der Waals surface area contributed by atoms with Gasteiger partial charge in [0, 0.05) is 19.3 Å². The topological polar surface area (TPSA) is 77.5 Å². The molecule has 0 saturated heterocycles. The van der Waals surface area contributed by atoms with Crippen molar-refractivity contribution in [1.82, 2.24) is 9.78 Å². The Morgan fingerprint density at radius 2 is 2.00 bits per heavy atom. The maximum absolute atomic E-state index is 12.4. The summed E-state index contributed by atoms with van der Waals surface area (Å²) >= 11 is 0. The molecule has 0 bridgehead atoms. The number of halogens is 3. The van der Waals surface area contributed by atoms with Crippen LogP contribution in [0.15, 0.2) is 29.3 Å². The Bertz CT molecular complexity index is 768. The largest absolute Gasteiger partial charge is 0.573 e. The zero-order chi connectivity index (χ0) is 18.6. The molecule has 0 aliphatic rings. The van der Waals surface area contributed by atoms with Crippen LogP contribution in [0.25, 0.3) is 0 Å². The van der Waals surface area contributed by atoms with Gasteiger partial charge in [-0.1, -0.05) is 12.1 Å². The lowest BCUT2D eigenvalue weighted by molar-refractivity contribution is -0.274. The molecule has 0 aliphatic carbocycles. The first kappa shape index (κ1) is 18.6. The fraction of sp³-hybridized carbons (Fsp3) is 0.375. The molecule has 1 aromatic heterocycles. The minimum absolute atomic E-state index is 0.0115. The van der Waals surface area contributed by atoms with Gasteiger partial charge < -0.3 is 15.8 Å². The molecule has 3 N–H and O–H groups in total. The lowest BCUT2D eigenvalue weighted by Crippen LogP contribution is -2.25. The monoisotopic (exact) mass is 355 g/mol. The first-order chi connectivity index (χ1) is 11.7. The molecular formula is C16H20F3N5O. The Morgan fingerprint density at radius 3 is 2.60 bits per heavy atom. The lowest BCUT2D eigenvalue weighted by atomic mass is 10.1. The molecule has 1 aromatic carbocycles. The minimum Gasteiger partial charge on any atom is -0.404 e. The summed E-state index contributed by atoms with van der Waals surface area (Å²) < 4.78 is 43.0. The number of aliphatic imine (C=N–C) groups is 1. The standard InChI is InChI=1S/C16H20F3N5O/c1-10-12(11(2)24(3)23-10)8-9-21-15(20)22-13-6-4-5-7-14(13)25-16(17,18)19/h4-7H,8-9H2,1-3H3,(H3,20,21,22). The van der Waals surface area contributed by atoms with E-state index >= 15 is 0 Å². The third kappa shape index (κ3) is 5.13. The number of guanidine groups is 1. The molecule has 0 unspecified atom stereocenters. The van der Waals surface area contributed by atoms with Gasteiger partial charge in [-0.2, -0.15) is 5.10 Å². The number of aromatic nitrogens is 2. The number of ether oxygens (including phenoxy) is 1. The number of alkyl halides is 3. The van der Waals surface area contributed by atoms with Gasteiger partial charge in [-0.3, -0.25) is 9.67 Å². The van der Waals surface area contributed by atoms with Crippen molar-refractivity contribution < 1.29 is 17.9 Å². The van der Waals surface area contributed by atoms with E-state index in [2.05, 4.69) is 20.1 Å². The highest BCUT2D eigenvalue weighted by Crippen LogP contribution is 2.29. The van der Waals surface area contributed by atoms with Crippen LogP contribution in [0.5, 0.6) is 5.75 Å². The Morgan fingerprint density at radius 1 is 1.32 bits per heavy atom. The van der Waals surface area contributed by atoms with Gasteiger partial charge in [-0.05, 0) is 38.0 Å². The summed E-state index contributed by atoms with van der Waals surface area (Å²) in [6.07, 6.45) is -4.15. The SMILES string of the molecule is Cc1nn(C)c(C)c1CCN=C(N)Nc1ccccc1OC(F)(F)F. The third-order valence-corrected chi connectivity index (χ3v) is 3.68. The Hall–Kier alpha value is -2.71. The second kappa shape index (κ2) is 7.45. The number of nitrogens with zero attached hydrogens (tertiary/aromatic N) is 3. The van der Waals surface area contributed by atoms with Gasteiger partial charge in [-0.25, -0.2) is 0 Å². The molecule has 0 aliphatic heterocycles. The highest BCUT2D eigenvalue weighted by molar-refractivity contribution is 5.93. The van der Waals surface area contributed by atoms with Crippen LogP contribution in [0, 0.1) is 13.8 Å². The van der Waals surface area contributed by atoms with Crippen LogP contribution >= 0.6 is 0 Å². The van der Waals surface area contributed by atoms with Crippen LogP contribution < -0.4 is 15.8 Å². The molecule has 0 spiro atoms. The minimum atomic E-state index is -4.78. The van der Waals surface area contributed by atoms with E-state index in [1.54, 1.807) is 10.7 Å². The van der Waals surface area contributed by atoms with Gasteiger partial charge >= 0.3 is 6.36 Å². The van der Waals surface area contributed by atoms with Crippen LogP contribution in [-0.4, -0.2) is 28.6 Å². The van der Waals surface area contributed by atoms with Gasteiger partial charge in [0.2, 0.25) is 0 Å². The van der Waals surface area contributed by atoms with Crippen molar-refractivity contribution >= 4 is 11.6 Å². The van der Waals surface area contributed by atoms with Crippen LogP contribution in [0.1, 0.15) is 17.0 Å². The molecule has 136 valence electrons. The maximum atomic E-state index is 12.4. The normalized spacial score (nSPS) is 12.3. The Labute approximate surface area is 143 Å². The molecule has 0 amide bonds. The molecule has 2 aromatic rings. The van der Waals surface area contributed by atoms with Crippen molar-refractivity contribution in [3.63, 3.8) is 0 Å². The third-order valence-electron chi connectivity index (χ3n) is 3.68. The number of benzene rings is 1. The quantitative estimate of drug-likeness (QED) is 0.639. The lowest BCUT2D eigenvalue weighted by Gasteiger charge is -2.14. The number of hydrogen-bond acceptors (Lipinski definition) is 3. The highest BCUT2D eigenvalue weighted by atomic mass is 19.4. The van der Waals surface area contributed by atoms with Crippen molar-refractivity contribution in [3.8, 4) is 5.75 Å². The van der Waals surface area contributed by atoms with Gasteiger partial charge in [0.25, 0.3) is 0 Å². The van der Waals surface area contributed by atoms with E-state index in [1.165, 1.54) is 18.2 Å². The van der Waals surface area contributed by atoms with Gasteiger partial charge in [0.05, 0.1) is 11.4 Å². The van der Waals surface area contributed by atoms with Crippen LogP contribution in [0.2, 0.25) is 0 Å². The molecule has 0 fully saturated rings. The van der Waals surface area contributed by atoms with Crippen molar-refractivity contribution in [2.75, 3.05) is 11.9 Å². The van der Waals surface area contributed by atoms with E-state index in [-0.39, 0.29) is 17.4 Å². The van der Waals surface area contributed by atoms with E-state index in [1.807, 2.05) is 20.9 Å². The maximum Gasteiger partial charge on any atom is 0.573 e. The number of nitrogens with two attached hydrogens (primary N) is 1. The molecule has 6 nitrogen and oxygen atoms in total.